The zero-order valence-electron chi connectivity index (χ0n) is 13.3. The summed E-state index contributed by atoms with van der Waals surface area (Å²) in [6, 6.07) is 12.3. The van der Waals surface area contributed by atoms with Crippen LogP contribution < -0.4 is 15.5 Å². The number of ether oxygens (including phenoxy) is 1. The predicted octanol–water partition coefficient (Wildman–Crippen LogP) is 2.31. The lowest BCUT2D eigenvalue weighted by Gasteiger charge is -2.07. The highest BCUT2D eigenvalue weighted by Gasteiger charge is 2.19. The maximum Gasteiger partial charge on any atom is 0.315 e. The number of thiocarbonyl (C=S) groups is 1. The van der Waals surface area contributed by atoms with Gasteiger partial charge in [-0.2, -0.15) is 5.10 Å². The minimum Gasteiger partial charge on any atom is -0.500 e. The van der Waals surface area contributed by atoms with E-state index in [1.807, 2.05) is 30.3 Å². The van der Waals surface area contributed by atoms with E-state index in [9.17, 15) is 15.2 Å². The molecule has 0 saturated heterocycles. The number of rotatable bonds is 6. The first-order valence-electron chi connectivity index (χ1n) is 7.17. The lowest BCUT2D eigenvalue weighted by molar-refractivity contribution is -0.386. The van der Waals surface area contributed by atoms with Crippen molar-refractivity contribution in [3.05, 3.63) is 63.7 Å². The van der Waals surface area contributed by atoms with E-state index in [1.165, 1.54) is 25.5 Å². The number of nitrogens with one attached hydrogen (secondary N) is 2. The number of nitrogens with zero attached hydrogens (tertiary/aromatic N) is 2. The van der Waals surface area contributed by atoms with Crippen molar-refractivity contribution in [2.75, 3.05) is 7.11 Å². The molecule has 0 bridgehead atoms. The highest BCUT2D eigenvalue weighted by molar-refractivity contribution is 7.80. The van der Waals surface area contributed by atoms with Gasteiger partial charge in [-0.3, -0.25) is 15.5 Å². The number of methoxy groups -OCH3 is 1. The predicted molar refractivity (Wildman–Crippen MR) is 97.9 cm³/mol. The van der Waals surface area contributed by atoms with E-state index < -0.39 is 16.4 Å². The Hall–Kier alpha value is -3.20. The largest absolute Gasteiger partial charge is 0.500 e. The number of hydrogen-bond acceptors (Lipinski definition) is 6. The summed E-state index contributed by atoms with van der Waals surface area (Å²) in [5.41, 5.74) is 3.59. The van der Waals surface area contributed by atoms with Gasteiger partial charge in [0.1, 0.15) is 0 Å². The highest BCUT2D eigenvalue weighted by Crippen LogP contribution is 2.36. The molecule has 130 valence electrons. The SMILES string of the molecule is COc1cc(/C=N\NC(=S)NCc2ccccc2)cc([N+](=O)[O-])c1O. The first kappa shape index (κ1) is 18.1. The van der Waals surface area contributed by atoms with E-state index >= 15 is 0 Å². The average Bonchev–Trinajstić information content (AvgIpc) is 2.61. The lowest BCUT2D eigenvalue weighted by Crippen LogP contribution is -2.31. The van der Waals surface area contributed by atoms with Crippen molar-refractivity contribution in [1.29, 1.82) is 0 Å². The van der Waals surface area contributed by atoms with Gasteiger partial charge in [0.2, 0.25) is 5.75 Å². The van der Waals surface area contributed by atoms with Crippen LogP contribution in [0.5, 0.6) is 11.5 Å². The van der Waals surface area contributed by atoms with Gasteiger partial charge in [-0.25, -0.2) is 0 Å². The third kappa shape index (κ3) is 5.15. The molecular weight excluding hydrogens is 344 g/mol. The maximum absolute atomic E-state index is 10.9. The molecule has 0 radical (unpaired) electrons. The zero-order valence-corrected chi connectivity index (χ0v) is 14.1. The maximum atomic E-state index is 10.9. The molecule has 2 aromatic carbocycles. The molecule has 3 N–H and O–H groups in total. The van der Waals surface area contributed by atoms with Crippen LogP contribution in [0, 0.1) is 10.1 Å². The molecule has 0 heterocycles. The number of phenols is 1. The van der Waals surface area contributed by atoms with Crippen LogP contribution >= 0.6 is 12.2 Å². The third-order valence-corrected chi connectivity index (χ3v) is 3.41. The van der Waals surface area contributed by atoms with Crippen LogP contribution in [-0.2, 0) is 6.54 Å². The van der Waals surface area contributed by atoms with Crippen molar-refractivity contribution >= 4 is 29.2 Å². The minimum atomic E-state index is -0.700. The Balaban J connectivity index is 1.98. The van der Waals surface area contributed by atoms with Gasteiger partial charge in [0, 0.05) is 18.2 Å². The molecule has 0 amide bonds. The molecule has 0 aromatic heterocycles. The molecular formula is C16H16N4O4S. The van der Waals surface area contributed by atoms with E-state index in [0.717, 1.165) is 5.56 Å². The highest BCUT2D eigenvalue weighted by atomic mass is 32.1. The second-order valence-corrected chi connectivity index (χ2v) is 5.29. The lowest BCUT2D eigenvalue weighted by atomic mass is 10.2. The van der Waals surface area contributed by atoms with Gasteiger partial charge >= 0.3 is 5.69 Å². The summed E-state index contributed by atoms with van der Waals surface area (Å²) in [4.78, 5) is 10.2. The van der Waals surface area contributed by atoms with E-state index in [0.29, 0.717) is 17.2 Å². The van der Waals surface area contributed by atoms with Crippen LogP contribution in [0.25, 0.3) is 0 Å². The molecule has 2 aromatic rings. The van der Waals surface area contributed by atoms with Crippen molar-refractivity contribution in [3.8, 4) is 11.5 Å². The second kappa shape index (κ2) is 8.60. The number of hydrazone groups is 1. The van der Waals surface area contributed by atoms with Gasteiger partial charge in [-0.05, 0) is 23.8 Å². The summed E-state index contributed by atoms with van der Waals surface area (Å²) in [6.07, 6.45) is 1.34. The molecule has 0 aliphatic rings. The van der Waals surface area contributed by atoms with Gasteiger partial charge in [-0.15, -0.1) is 0 Å². The topological polar surface area (TPSA) is 109 Å². The zero-order chi connectivity index (χ0) is 18.2. The van der Waals surface area contributed by atoms with Gasteiger partial charge < -0.3 is 15.2 Å². The summed E-state index contributed by atoms with van der Waals surface area (Å²) in [6.45, 7) is 0.542. The van der Waals surface area contributed by atoms with Gasteiger partial charge in [0.05, 0.1) is 18.2 Å². The van der Waals surface area contributed by atoms with E-state index in [4.69, 9.17) is 17.0 Å². The fraction of sp³-hybridized carbons (Fsp3) is 0.125. The fourth-order valence-electron chi connectivity index (χ4n) is 1.97. The number of benzene rings is 2. The standard InChI is InChI=1S/C16H16N4O4S/c1-24-14-8-12(7-13(15(14)21)20(22)23)10-18-19-16(25)17-9-11-5-3-2-4-6-11/h2-8,10,21H,9H2,1H3,(H2,17,19,25)/b18-10-. The Bertz CT molecular complexity index is 796. The van der Waals surface area contributed by atoms with Crippen LogP contribution in [-0.4, -0.2) is 28.5 Å². The number of hydrogen-bond donors (Lipinski definition) is 3. The monoisotopic (exact) mass is 360 g/mol. The van der Waals surface area contributed by atoms with Gasteiger partial charge in [0.15, 0.2) is 10.9 Å². The first-order valence-corrected chi connectivity index (χ1v) is 7.58. The Morgan fingerprint density at radius 2 is 2.12 bits per heavy atom. The number of nitro benzene ring substituents is 1. The summed E-state index contributed by atoms with van der Waals surface area (Å²) in [5.74, 6) is -0.543. The summed E-state index contributed by atoms with van der Waals surface area (Å²) >= 11 is 5.10. The smallest absolute Gasteiger partial charge is 0.315 e. The normalized spacial score (nSPS) is 10.4. The second-order valence-electron chi connectivity index (χ2n) is 4.89. The Labute approximate surface area is 149 Å². The number of nitro groups is 1. The van der Waals surface area contributed by atoms with Crippen LogP contribution in [0.15, 0.2) is 47.6 Å². The molecule has 0 aliphatic carbocycles. The Morgan fingerprint density at radius 3 is 2.76 bits per heavy atom. The van der Waals surface area contributed by atoms with Crippen molar-refractivity contribution < 1.29 is 14.8 Å². The Morgan fingerprint density at radius 1 is 1.40 bits per heavy atom. The molecule has 8 nitrogen and oxygen atoms in total. The summed E-state index contributed by atoms with van der Waals surface area (Å²) < 4.78 is 4.92. The molecule has 0 aliphatic heterocycles. The Kier molecular flexibility index (Phi) is 6.24. The van der Waals surface area contributed by atoms with Crippen molar-refractivity contribution in [2.24, 2.45) is 5.10 Å². The number of aromatic hydroxyl groups is 1. The van der Waals surface area contributed by atoms with Crippen LogP contribution in [0.1, 0.15) is 11.1 Å². The van der Waals surface area contributed by atoms with Gasteiger partial charge in [-0.1, -0.05) is 30.3 Å². The van der Waals surface area contributed by atoms with Crippen LogP contribution in [0.4, 0.5) is 5.69 Å². The quantitative estimate of drug-likeness (QED) is 0.314. The molecule has 2 rings (SSSR count). The summed E-state index contributed by atoms with van der Waals surface area (Å²) in [5, 5.41) is 27.9. The fourth-order valence-corrected chi connectivity index (χ4v) is 2.09. The minimum absolute atomic E-state index is 0.0135. The van der Waals surface area contributed by atoms with Crippen LogP contribution in [0.2, 0.25) is 0 Å². The molecule has 0 atom stereocenters. The molecule has 0 fully saturated rings. The first-order chi connectivity index (χ1) is 12.0. The molecule has 0 saturated carbocycles. The summed E-state index contributed by atoms with van der Waals surface area (Å²) in [7, 11) is 1.31. The molecule has 0 unspecified atom stereocenters. The average molecular weight is 360 g/mol. The van der Waals surface area contributed by atoms with Crippen molar-refractivity contribution in [2.45, 2.75) is 6.54 Å². The number of phenolic OH excluding ortho intramolecular Hbond substituents is 1. The molecule has 25 heavy (non-hydrogen) atoms. The molecule has 0 spiro atoms. The van der Waals surface area contributed by atoms with E-state index in [-0.39, 0.29) is 5.75 Å². The van der Waals surface area contributed by atoms with Crippen molar-refractivity contribution in [3.63, 3.8) is 0 Å². The van der Waals surface area contributed by atoms with E-state index in [2.05, 4.69) is 15.8 Å². The third-order valence-electron chi connectivity index (χ3n) is 3.17. The van der Waals surface area contributed by atoms with E-state index in [1.54, 1.807) is 0 Å². The molecule has 9 heteroatoms. The van der Waals surface area contributed by atoms with Crippen LogP contribution in [0.3, 0.4) is 0 Å². The van der Waals surface area contributed by atoms with Gasteiger partial charge in [0.25, 0.3) is 0 Å². The van der Waals surface area contributed by atoms with Crippen molar-refractivity contribution in [1.82, 2.24) is 10.7 Å².